The van der Waals surface area contributed by atoms with Gasteiger partial charge >= 0.3 is 0 Å². The molecule has 0 aliphatic carbocycles. The Hall–Kier alpha value is -0.140. The van der Waals surface area contributed by atoms with Crippen LogP contribution in [0.3, 0.4) is 0 Å². The van der Waals surface area contributed by atoms with Crippen molar-refractivity contribution in [3.05, 3.63) is 16.6 Å². The van der Waals surface area contributed by atoms with Gasteiger partial charge in [-0.25, -0.2) is 4.98 Å². The van der Waals surface area contributed by atoms with Crippen molar-refractivity contribution in [3.8, 4) is 0 Å². The second-order valence-corrected chi connectivity index (χ2v) is 4.83. The fraction of sp³-hybridized carbons (Fsp3) is 0.625. The maximum Gasteiger partial charge on any atom is 0.232 e. The second kappa shape index (κ2) is 5.09. The Kier molecular flexibility index (Phi) is 4.33. The lowest BCUT2D eigenvalue weighted by Gasteiger charge is -2.25. The molecule has 6 heteroatoms. The van der Waals surface area contributed by atoms with Gasteiger partial charge in [0.15, 0.2) is 5.01 Å². The third-order valence-corrected chi connectivity index (χ3v) is 3.43. The SMILES string of the molecule is CSCC[C@H](N)C(O)(O)c1nccs1. The highest BCUT2D eigenvalue weighted by Crippen LogP contribution is 2.24. The van der Waals surface area contributed by atoms with Crippen molar-refractivity contribution in [2.75, 3.05) is 12.0 Å². The number of thiazole rings is 1. The third-order valence-electron chi connectivity index (χ3n) is 1.90. The van der Waals surface area contributed by atoms with Crippen LogP contribution in [0.15, 0.2) is 11.6 Å². The van der Waals surface area contributed by atoms with Crippen molar-refractivity contribution in [1.29, 1.82) is 0 Å². The van der Waals surface area contributed by atoms with Crippen LogP contribution in [0.2, 0.25) is 0 Å². The molecule has 1 aromatic heterocycles. The topological polar surface area (TPSA) is 79.4 Å². The second-order valence-electron chi connectivity index (χ2n) is 2.95. The van der Waals surface area contributed by atoms with E-state index in [1.165, 1.54) is 17.5 Å². The van der Waals surface area contributed by atoms with Gasteiger partial charge < -0.3 is 15.9 Å². The van der Waals surface area contributed by atoms with E-state index in [1.807, 2.05) is 6.26 Å². The highest BCUT2D eigenvalue weighted by atomic mass is 32.2. The molecule has 0 spiro atoms. The number of thioether (sulfide) groups is 1. The van der Waals surface area contributed by atoms with E-state index in [2.05, 4.69) is 4.98 Å². The van der Waals surface area contributed by atoms with Gasteiger partial charge in [0.05, 0.1) is 6.04 Å². The Balaban J connectivity index is 2.64. The summed E-state index contributed by atoms with van der Waals surface area (Å²) in [5, 5.41) is 21.4. The highest BCUT2D eigenvalue weighted by molar-refractivity contribution is 7.98. The average Bonchev–Trinajstić information content (AvgIpc) is 2.67. The first-order valence-corrected chi connectivity index (χ1v) is 6.45. The Morgan fingerprint density at radius 1 is 1.71 bits per heavy atom. The van der Waals surface area contributed by atoms with Gasteiger partial charge in [-0.1, -0.05) is 0 Å². The molecule has 1 atom stereocenters. The molecular weight excluding hydrogens is 220 g/mol. The zero-order valence-electron chi connectivity index (χ0n) is 7.88. The van der Waals surface area contributed by atoms with E-state index in [1.54, 1.807) is 17.1 Å². The molecule has 0 radical (unpaired) electrons. The maximum atomic E-state index is 9.74. The van der Waals surface area contributed by atoms with E-state index in [9.17, 15) is 10.2 Å². The predicted molar refractivity (Wildman–Crippen MR) is 59.2 cm³/mol. The zero-order chi connectivity index (χ0) is 10.6. The van der Waals surface area contributed by atoms with E-state index in [4.69, 9.17) is 5.73 Å². The van der Waals surface area contributed by atoms with Crippen LogP contribution >= 0.6 is 23.1 Å². The van der Waals surface area contributed by atoms with Crippen LogP contribution in [0.5, 0.6) is 0 Å². The molecule has 0 fully saturated rings. The molecule has 0 saturated heterocycles. The van der Waals surface area contributed by atoms with Gasteiger partial charge in [0.2, 0.25) is 5.79 Å². The van der Waals surface area contributed by atoms with Gasteiger partial charge in [-0.15, -0.1) is 11.3 Å². The molecular formula is C8H14N2O2S2. The molecule has 0 aliphatic rings. The summed E-state index contributed by atoms with van der Waals surface area (Å²) in [5.41, 5.74) is 5.68. The van der Waals surface area contributed by atoms with Gasteiger partial charge in [-0.3, -0.25) is 0 Å². The zero-order valence-corrected chi connectivity index (χ0v) is 9.51. The fourth-order valence-corrected chi connectivity index (χ4v) is 2.20. The first-order chi connectivity index (χ1) is 6.59. The van der Waals surface area contributed by atoms with Crippen molar-refractivity contribution in [2.45, 2.75) is 18.2 Å². The van der Waals surface area contributed by atoms with Crippen LogP contribution in [0.25, 0.3) is 0 Å². The lowest BCUT2D eigenvalue weighted by molar-refractivity contribution is -0.186. The van der Waals surface area contributed by atoms with Crippen LogP contribution in [0.1, 0.15) is 11.4 Å². The quantitative estimate of drug-likeness (QED) is 0.641. The molecule has 0 saturated carbocycles. The van der Waals surface area contributed by atoms with Gasteiger partial charge in [0.25, 0.3) is 0 Å². The lowest BCUT2D eigenvalue weighted by atomic mass is 10.1. The number of aromatic nitrogens is 1. The summed E-state index contributed by atoms with van der Waals surface area (Å²) in [6.45, 7) is 0. The maximum absolute atomic E-state index is 9.74. The number of hydrogen-bond donors (Lipinski definition) is 3. The highest BCUT2D eigenvalue weighted by Gasteiger charge is 2.35. The van der Waals surface area contributed by atoms with Crippen LogP contribution in [0, 0.1) is 0 Å². The Bertz CT molecular complexity index is 264. The lowest BCUT2D eigenvalue weighted by Crippen LogP contribution is -2.45. The number of aliphatic hydroxyl groups is 2. The molecule has 14 heavy (non-hydrogen) atoms. The molecule has 4 nitrogen and oxygen atoms in total. The minimum Gasteiger partial charge on any atom is -0.359 e. The number of nitrogens with zero attached hydrogens (tertiary/aromatic N) is 1. The summed E-state index contributed by atoms with van der Waals surface area (Å²) in [4.78, 5) is 3.85. The van der Waals surface area contributed by atoms with Crippen molar-refractivity contribution >= 4 is 23.1 Å². The van der Waals surface area contributed by atoms with Gasteiger partial charge in [0, 0.05) is 11.6 Å². The third kappa shape index (κ3) is 2.68. The minimum absolute atomic E-state index is 0.256. The summed E-state index contributed by atoms with van der Waals surface area (Å²) in [6, 6.07) is -0.693. The van der Waals surface area contributed by atoms with E-state index in [0.717, 1.165) is 5.75 Å². The van der Waals surface area contributed by atoms with Crippen molar-refractivity contribution in [2.24, 2.45) is 5.73 Å². The molecule has 1 aromatic rings. The van der Waals surface area contributed by atoms with Crippen LogP contribution < -0.4 is 5.73 Å². The minimum atomic E-state index is -2.00. The molecule has 0 bridgehead atoms. The van der Waals surface area contributed by atoms with Crippen LogP contribution in [0.4, 0.5) is 0 Å². The van der Waals surface area contributed by atoms with Gasteiger partial charge in [0.1, 0.15) is 0 Å². The summed E-state index contributed by atoms with van der Waals surface area (Å²) >= 11 is 2.82. The smallest absolute Gasteiger partial charge is 0.232 e. The summed E-state index contributed by atoms with van der Waals surface area (Å²) < 4.78 is 0. The fourth-order valence-electron chi connectivity index (χ4n) is 1.01. The van der Waals surface area contributed by atoms with Crippen molar-refractivity contribution in [1.82, 2.24) is 4.98 Å². The van der Waals surface area contributed by atoms with Gasteiger partial charge in [-0.2, -0.15) is 11.8 Å². The van der Waals surface area contributed by atoms with Crippen LogP contribution in [-0.4, -0.2) is 33.2 Å². The Labute approximate surface area is 91.2 Å². The molecule has 80 valence electrons. The normalized spacial score (nSPS) is 14.3. The van der Waals surface area contributed by atoms with Gasteiger partial charge in [-0.05, 0) is 18.4 Å². The van der Waals surface area contributed by atoms with Crippen LogP contribution in [-0.2, 0) is 5.79 Å². The van der Waals surface area contributed by atoms with E-state index in [-0.39, 0.29) is 5.01 Å². The molecule has 0 aromatic carbocycles. The molecule has 0 unspecified atom stereocenters. The molecule has 0 aliphatic heterocycles. The number of nitrogens with two attached hydrogens (primary N) is 1. The molecule has 1 heterocycles. The summed E-state index contributed by atoms with van der Waals surface area (Å²) in [5.74, 6) is -1.20. The standard InChI is InChI=1S/C8H14N2O2S2/c1-13-4-2-6(9)8(11,12)7-10-3-5-14-7/h3,5-6,11-12H,2,4,9H2,1H3/t6-/m0/s1. The molecule has 4 N–H and O–H groups in total. The first-order valence-electron chi connectivity index (χ1n) is 4.18. The number of hydrogen-bond acceptors (Lipinski definition) is 6. The van der Waals surface area contributed by atoms with E-state index < -0.39 is 11.8 Å². The number of rotatable bonds is 5. The Morgan fingerprint density at radius 3 is 2.93 bits per heavy atom. The van der Waals surface area contributed by atoms with E-state index in [0.29, 0.717) is 6.42 Å². The van der Waals surface area contributed by atoms with Crippen molar-refractivity contribution in [3.63, 3.8) is 0 Å². The largest absolute Gasteiger partial charge is 0.359 e. The first kappa shape index (κ1) is 11.9. The molecule has 1 rings (SSSR count). The Morgan fingerprint density at radius 2 is 2.43 bits per heavy atom. The van der Waals surface area contributed by atoms with E-state index >= 15 is 0 Å². The monoisotopic (exact) mass is 234 g/mol. The predicted octanol–water partition coefficient (Wildman–Crippen LogP) is 0.361. The van der Waals surface area contributed by atoms with Crippen molar-refractivity contribution < 1.29 is 10.2 Å². The summed E-state index contributed by atoms with van der Waals surface area (Å²) in [6.07, 6.45) is 4.03. The average molecular weight is 234 g/mol. The molecule has 0 amide bonds. The summed E-state index contributed by atoms with van der Waals surface area (Å²) in [7, 11) is 0.